The minimum absolute atomic E-state index is 0.120. The third kappa shape index (κ3) is 5.66. The Hall–Kier alpha value is -2.22. The molecule has 26 heavy (non-hydrogen) atoms. The standard InChI is InChI=1S/C17H17ClF3N3O2/c1-16(2,3)26-14(25)5-4-11-6-12(13(18)9-22-11)10-7-23-15(24-8-10)17(19,20)21/h6-9H,4-5H2,1-3H3. The SMILES string of the molecule is CC(C)(C)OC(=O)CCc1cc(-c2cnc(C(F)(F)F)nc2)c(Cl)cn1. The Balaban J connectivity index is 2.16. The van der Waals surface area contributed by atoms with Crippen molar-refractivity contribution in [2.45, 2.75) is 45.4 Å². The minimum atomic E-state index is -4.61. The van der Waals surface area contributed by atoms with Crippen LogP contribution in [0.3, 0.4) is 0 Å². The maximum absolute atomic E-state index is 12.6. The number of alkyl halides is 3. The molecule has 2 rings (SSSR count). The lowest BCUT2D eigenvalue weighted by molar-refractivity contribution is -0.154. The second kappa shape index (κ2) is 7.57. The van der Waals surface area contributed by atoms with Gasteiger partial charge in [-0.2, -0.15) is 13.2 Å². The highest BCUT2D eigenvalue weighted by Gasteiger charge is 2.34. The smallest absolute Gasteiger partial charge is 0.451 e. The monoisotopic (exact) mass is 387 g/mol. The number of esters is 1. The number of hydrogen-bond donors (Lipinski definition) is 0. The third-order valence-corrected chi connectivity index (χ3v) is 3.43. The molecule has 0 aromatic carbocycles. The van der Waals surface area contributed by atoms with Crippen LogP contribution in [-0.4, -0.2) is 26.5 Å². The highest BCUT2D eigenvalue weighted by Crippen LogP contribution is 2.30. The highest BCUT2D eigenvalue weighted by molar-refractivity contribution is 6.33. The number of carbonyl (C=O) groups excluding carboxylic acids is 1. The fraction of sp³-hybridized carbons (Fsp3) is 0.412. The molecule has 140 valence electrons. The van der Waals surface area contributed by atoms with Crippen molar-refractivity contribution in [1.82, 2.24) is 15.0 Å². The Morgan fingerprint density at radius 3 is 2.27 bits per heavy atom. The molecule has 0 saturated heterocycles. The Labute approximate surface area is 153 Å². The van der Waals surface area contributed by atoms with Crippen molar-refractivity contribution >= 4 is 17.6 Å². The van der Waals surface area contributed by atoms with E-state index in [0.717, 1.165) is 12.4 Å². The van der Waals surface area contributed by atoms with Crippen LogP contribution >= 0.6 is 11.6 Å². The van der Waals surface area contributed by atoms with Gasteiger partial charge in [0.2, 0.25) is 5.82 Å². The Bertz CT molecular complexity index is 787. The summed E-state index contributed by atoms with van der Waals surface area (Å²) in [7, 11) is 0. The molecule has 0 amide bonds. The first kappa shape index (κ1) is 20.1. The van der Waals surface area contributed by atoms with Crippen molar-refractivity contribution in [1.29, 1.82) is 0 Å². The number of carbonyl (C=O) groups is 1. The summed E-state index contributed by atoms with van der Waals surface area (Å²) in [5.41, 5.74) is 0.737. The Kier molecular flexibility index (Phi) is 5.85. The summed E-state index contributed by atoms with van der Waals surface area (Å²) >= 11 is 6.08. The van der Waals surface area contributed by atoms with Gasteiger partial charge in [-0.25, -0.2) is 9.97 Å². The molecule has 0 spiro atoms. The summed E-state index contributed by atoms with van der Waals surface area (Å²) in [6.07, 6.45) is -0.711. The van der Waals surface area contributed by atoms with Gasteiger partial charge < -0.3 is 4.74 Å². The van der Waals surface area contributed by atoms with E-state index >= 15 is 0 Å². The molecule has 0 fully saturated rings. The van der Waals surface area contributed by atoms with E-state index < -0.39 is 17.6 Å². The first-order valence-corrected chi connectivity index (χ1v) is 8.09. The predicted octanol–water partition coefficient (Wildman–Crippen LogP) is 4.49. The molecule has 0 radical (unpaired) electrons. The van der Waals surface area contributed by atoms with E-state index in [4.69, 9.17) is 16.3 Å². The minimum Gasteiger partial charge on any atom is -0.460 e. The van der Waals surface area contributed by atoms with Crippen molar-refractivity contribution < 1.29 is 22.7 Å². The van der Waals surface area contributed by atoms with E-state index in [1.54, 1.807) is 26.8 Å². The Morgan fingerprint density at radius 2 is 1.73 bits per heavy atom. The van der Waals surface area contributed by atoms with Gasteiger partial charge in [0.1, 0.15) is 5.60 Å². The summed E-state index contributed by atoms with van der Waals surface area (Å²) in [6.45, 7) is 5.32. The van der Waals surface area contributed by atoms with Gasteiger partial charge in [0.05, 0.1) is 11.4 Å². The summed E-state index contributed by atoms with van der Waals surface area (Å²) in [5, 5.41) is 0.245. The zero-order valence-corrected chi connectivity index (χ0v) is 15.1. The summed E-state index contributed by atoms with van der Waals surface area (Å²) in [6, 6.07) is 1.60. The van der Waals surface area contributed by atoms with Crippen LogP contribution in [-0.2, 0) is 22.1 Å². The largest absolute Gasteiger partial charge is 0.460 e. The molecule has 0 N–H and O–H groups in total. The highest BCUT2D eigenvalue weighted by atomic mass is 35.5. The molecule has 2 heterocycles. The van der Waals surface area contributed by atoms with E-state index in [1.165, 1.54) is 6.20 Å². The topological polar surface area (TPSA) is 65.0 Å². The maximum Gasteiger partial charge on any atom is 0.451 e. The van der Waals surface area contributed by atoms with Gasteiger partial charge in [-0.15, -0.1) is 0 Å². The number of halogens is 4. The van der Waals surface area contributed by atoms with Gasteiger partial charge in [-0.3, -0.25) is 9.78 Å². The molecule has 5 nitrogen and oxygen atoms in total. The number of aromatic nitrogens is 3. The molecule has 0 aliphatic heterocycles. The van der Waals surface area contributed by atoms with Crippen LogP contribution in [0.1, 0.15) is 38.7 Å². The lowest BCUT2D eigenvalue weighted by atomic mass is 10.1. The zero-order chi connectivity index (χ0) is 19.5. The molecular weight excluding hydrogens is 371 g/mol. The van der Waals surface area contributed by atoms with Crippen LogP contribution in [0.25, 0.3) is 11.1 Å². The number of hydrogen-bond acceptors (Lipinski definition) is 5. The van der Waals surface area contributed by atoms with Crippen LogP contribution in [0.15, 0.2) is 24.7 Å². The van der Waals surface area contributed by atoms with E-state index in [1.807, 2.05) is 0 Å². The molecule has 0 aliphatic carbocycles. The maximum atomic E-state index is 12.6. The molecule has 0 saturated carbocycles. The second-order valence-electron chi connectivity index (χ2n) is 6.54. The van der Waals surface area contributed by atoms with Gasteiger partial charge in [0, 0.05) is 41.8 Å². The number of aryl methyl sites for hydroxylation is 1. The predicted molar refractivity (Wildman–Crippen MR) is 89.4 cm³/mol. The molecular formula is C17H17ClF3N3O2. The van der Waals surface area contributed by atoms with Crippen LogP contribution in [0.5, 0.6) is 0 Å². The molecule has 2 aromatic heterocycles. The summed E-state index contributed by atoms with van der Waals surface area (Å²) in [4.78, 5) is 22.6. The lowest BCUT2D eigenvalue weighted by Gasteiger charge is -2.19. The van der Waals surface area contributed by atoms with Crippen LogP contribution in [0.2, 0.25) is 5.02 Å². The molecule has 0 bridgehead atoms. The van der Waals surface area contributed by atoms with Crippen LogP contribution < -0.4 is 0 Å². The fourth-order valence-corrected chi connectivity index (χ4v) is 2.29. The van der Waals surface area contributed by atoms with E-state index in [2.05, 4.69) is 15.0 Å². The molecule has 0 aliphatic rings. The second-order valence-corrected chi connectivity index (χ2v) is 6.94. The van der Waals surface area contributed by atoms with Gasteiger partial charge in [0.25, 0.3) is 0 Å². The van der Waals surface area contributed by atoms with Gasteiger partial charge in [0.15, 0.2) is 0 Å². The van der Waals surface area contributed by atoms with Crippen molar-refractivity contribution in [2.75, 3.05) is 0 Å². The average Bonchev–Trinajstić information content (AvgIpc) is 2.52. The fourth-order valence-electron chi connectivity index (χ4n) is 2.08. The van der Waals surface area contributed by atoms with Gasteiger partial charge >= 0.3 is 12.1 Å². The summed E-state index contributed by atoms with van der Waals surface area (Å²) in [5.74, 6) is -1.59. The first-order valence-electron chi connectivity index (χ1n) is 7.71. The van der Waals surface area contributed by atoms with E-state index in [-0.39, 0.29) is 17.4 Å². The molecule has 0 unspecified atom stereocenters. The number of rotatable bonds is 4. The number of ether oxygens (including phenoxy) is 1. The normalized spacial score (nSPS) is 12.1. The summed E-state index contributed by atoms with van der Waals surface area (Å²) < 4.78 is 42.9. The van der Waals surface area contributed by atoms with Crippen molar-refractivity contribution in [3.05, 3.63) is 41.2 Å². The lowest BCUT2D eigenvalue weighted by Crippen LogP contribution is -2.24. The Morgan fingerprint density at radius 1 is 1.12 bits per heavy atom. The number of pyridine rings is 1. The van der Waals surface area contributed by atoms with E-state index in [9.17, 15) is 18.0 Å². The number of nitrogens with zero attached hydrogens (tertiary/aromatic N) is 3. The zero-order valence-electron chi connectivity index (χ0n) is 14.4. The van der Waals surface area contributed by atoms with Crippen LogP contribution in [0, 0.1) is 0 Å². The molecule has 0 atom stereocenters. The van der Waals surface area contributed by atoms with Gasteiger partial charge in [-0.1, -0.05) is 11.6 Å². The van der Waals surface area contributed by atoms with Crippen molar-refractivity contribution in [3.63, 3.8) is 0 Å². The molecule has 9 heteroatoms. The van der Waals surface area contributed by atoms with Crippen molar-refractivity contribution in [3.8, 4) is 11.1 Å². The average molecular weight is 388 g/mol. The van der Waals surface area contributed by atoms with Crippen molar-refractivity contribution in [2.24, 2.45) is 0 Å². The van der Waals surface area contributed by atoms with Gasteiger partial charge in [-0.05, 0) is 26.8 Å². The van der Waals surface area contributed by atoms with E-state index in [0.29, 0.717) is 23.2 Å². The quantitative estimate of drug-likeness (QED) is 0.723. The van der Waals surface area contributed by atoms with Crippen LogP contribution in [0.4, 0.5) is 13.2 Å². The molecule has 2 aromatic rings. The first-order chi connectivity index (χ1) is 12.0. The third-order valence-electron chi connectivity index (χ3n) is 3.13.